The molecule has 1 N–H and O–H groups in total. The summed E-state index contributed by atoms with van der Waals surface area (Å²) in [6, 6.07) is 3.42. The molecule has 1 saturated heterocycles. The van der Waals surface area contributed by atoms with Crippen LogP contribution in [0.15, 0.2) is 23.1 Å². The summed E-state index contributed by atoms with van der Waals surface area (Å²) in [6.07, 6.45) is 2.06. The van der Waals surface area contributed by atoms with Gasteiger partial charge in [-0.15, -0.1) is 0 Å². The third kappa shape index (κ3) is 4.13. The van der Waals surface area contributed by atoms with Crippen LogP contribution in [-0.2, 0) is 14.8 Å². The highest BCUT2D eigenvalue weighted by Gasteiger charge is 2.33. The quantitative estimate of drug-likeness (QED) is 0.827. The first-order valence-electron chi connectivity index (χ1n) is 8.28. The fourth-order valence-corrected chi connectivity index (χ4v) is 4.53. The number of carbonyl (C=O) groups is 1. The SMILES string of the molecule is CC(C(=O)NC1CC1)N1CCN(S(=O)(=O)c2ccc(F)c(Cl)c2)CC1. The number of piperazine rings is 1. The lowest BCUT2D eigenvalue weighted by Crippen LogP contribution is -2.55. The van der Waals surface area contributed by atoms with Gasteiger partial charge < -0.3 is 5.32 Å². The minimum absolute atomic E-state index is 0.0101. The van der Waals surface area contributed by atoms with Gasteiger partial charge >= 0.3 is 0 Å². The molecule has 25 heavy (non-hydrogen) atoms. The Morgan fingerprint density at radius 3 is 2.48 bits per heavy atom. The number of hydrogen-bond donors (Lipinski definition) is 1. The van der Waals surface area contributed by atoms with Gasteiger partial charge in [-0.25, -0.2) is 12.8 Å². The number of amides is 1. The van der Waals surface area contributed by atoms with E-state index in [0.717, 1.165) is 25.0 Å². The molecular weight excluding hydrogens is 369 g/mol. The van der Waals surface area contributed by atoms with Crippen LogP contribution in [0.3, 0.4) is 0 Å². The number of carbonyl (C=O) groups excluding carboxylic acids is 1. The van der Waals surface area contributed by atoms with Crippen molar-refractivity contribution in [2.75, 3.05) is 26.2 Å². The average molecular weight is 390 g/mol. The maximum Gasteiger partial charge on any atom is 0.243 e. The molecule has 1 amide bonds. The summed E-state index contributed by atoms with van der Waals surface area (Å²) < 4.78 is 39.9. The molecule has 1 atom stereocenters. The molecule has 2 fully saturated rings. The zero-order valence-corrected chi connectivity index (χ0v) is 15.5. The predicted molar refractivity (Wildman–Crippen MR) is 92.4 cm³/mol. The summed E-state index contributed by atoms with van der Waals surface area (Å²) in [5.74, 6) is -0.662. The molecule has 2 aliphatic rings. The number of nitrogens with zero attached hydrogens (tertiary/aromatic N) is 2. The second-order valence-electron chi connectivity index (χ2n) is 6.47. The molecule has 9 heteroatoms. The molecule has 0 spiro atoms. The van der Waals surface area contributed by atoms with Gasteiger partial charge in [-0.3, -0.25) is 9.69 Å². The molecule has 0 bridgehead atoms. The monoisotopic (exact) mass is 389 g/mol. The molecule has 1 aromatic rings. The average Bonchev–Trinajstić information content (AvgIpc) is 3.40. The number of benzene rings is 1. The fraction of sp³-hybridized carbons (Fsp3) is 0.562. The Labute approximate surface area is 152 Å². The van der Waals surface area contributed by atoms with Crippen LogP contribution in [-0.4, -0.2) is 61.8 Å². The lowest BCUT2D eigenvalue weighted by atomic mass is 10.2. The lowest BCUT2D eigenvalue weighted by molar-refractivity contribution is -0.126. The molecule has 0 radical (unpaired) electrons. The number of hydrogen-bond acceptors (Lipinski definition) is 4. The van der Waals surface area contributed by atoms with E-state index in [4.69, 9.17) is 11.6 Å². The van der Waals surface area contributed by atoms with Gasteiger partial charge in [-0.1, -0.05) is 11.6 Å². The van der Waals surface area contributed by atoms with E-state index < -0.39 is 15.8 Å². The van der Waals surface area contributed by atoms with Crippen LogP contribution < -0.4 is 5.32 Å². The number of halogens is 2. The van der Waals surface area contributed by atoms with Crippen LogP contribution in [0.5, 0.6) is 0 Å². The summed E-state index contributed by atoms with van der Waals surface area (Å²) in [7, 11) is -3.72. The number of nitrogens with one attached hydrogen (secondary N) is 1. The van der Waals surface area contributed by atoms with Crippen LogP contribution in [0.1, 0.15) is 19.8 Å². The summed E-state index contributed by atoms with van der Waals surface area (Å²) in [5, 5.41) is 2.75. The molecule has 0 aromatic heterocycles. The molecule has 1 heterocycles. The highest BCUT2D eigenvalue weighted by atomic mass is 35.5. The van der Waals surface area contributed by atoms with Crippen LogP contribution in [0.2, 0.25) is 5.02 Å². The van der Waals surface area contributed by atoms with Gasteiger partial charge in [0.15, 0.2) is 0 Å². The van der Waals surface area contributed by atoms with E-state index in [0.29, 0.717) is 19.1 Å². The van der Waals surface area contributed by atoms with Gasteiger partial charge in [-0.2, -0.15) is 4.31 Å². The van der Waals surface area contributed by atoms with Gasteiger partial charge in [0.1, 0.15) is 5.82 Å². The summed E-state index contributed by atoms with van der Waals surface area (Å²) in [6.45, 7) is 3.32. The summed E-state index contributed by atoms with van der Waals surface area (Å²) in [4.78, 5) is 14.1. The molecule has 1 saturated carbocycles. The van der Waals surface area contributed by atoms with Crippen LogP contribution in [0.25, 0.3) is 0 Å². The molecular formula is C16H21ClFN3O3S. The maximum absolute atomic E-state index is 13.3. The van der Waals surface area contributed by atoms with Gasteiger partial charge in [0.25, 0.3) is 0 Å². The van der Waals surface area contributed by atoms with Gasteiger partial charge in [0, 0.05) is 32.2 Å². The first-order valence-corrected chi connectivity index (χ1v) is 10.1. The lowest BCUT2D eigenvalue weighted by Gasteiger charge is -2.36. The fourth-order valence-electron chi connectivity index (χ4n) is 2.83. The van der Waals surface area contributed by atoms with E-state index >= 15 is 0 Å². The third-order valence-corrected chi connectivity index (χ3v) is 6.84. The first-order chi connectivity index (χ1) is 11.8. The smallest absolute Gasteiger partial charge is 0.243 e. The van der Waals surface area contributed by atoms with Crippen molar-refractivity contribution in [2.45, 2.75) is 36.7 Å². The third-order valence-electron chi connectivity index (χ3n) is 4.65. The minimum atomic E-state index is -3.72. The van der Waals surface area contributed by atoms with Crippen molar-refractivity contribution in [3.8, 4) is 0 Å². The molecule has 1 aliphatic carbocycles. The Hall–Kier alpha value is -1.22. The first kappa shape index (κ1) is 18.6. The van der Waals surface area contributed by atoms with Crippen LogP contribution in [0, 0.1) is 5.82 Å². The van der Waals surface area contributed by atoms with Crippen molar-refractivity contribution in [2.24, 2.45) is 0 Å². The van der Waals surface area contributed by atoms with E-state index in [2.05, 4.69) is 5.32 Å². The van der Waals surface area contributed by atoms with E-state index in [1.54, 1.807) is 0 Å². The highest BCUT2D eigenvalue weighted by molar-refractivity contribution is 7.89. The minimum Gasteiger partial charge on any atom is -0.352 e. The largest absolute Gasteiger partial charge is 0.352 e. The Bertz CT molecular complexity index is 762. The Morgan fingerprint density at radius 1 is 1.28 bits per heavy atom. The molecule has 138 valence electrons. The Morgan fingerprint density at radius 2 is 1.92 bits per heavy atom. The number of sulfonamides is 1. The topological polar surface area (TPSA) is 69.7 Å². The summed E-state index contributed by atoms with van der Waals surface area (Å²) in [5.41, 5.74) is 0. The van der Waals surface area contributed by atoms with Crippen molar-refractivity contribution >= 4 is 27.5 Å². The second kappa shape index (κ2) is 7.19. The van der Waals surface area contributed by atoms with Crippen molar-refractivity contribution in [3.63, 3.8) is 0 Å². The van der Waals surface area contributed by atoms with Gasteiger partial charge in [-0.05, 0) is 38.0 Å². The van der Waals surface area contributed by atoms with Crippen LogP contribution >= 0.6 is 11.6 Å². The molecule has 1 unspecified atom stereocenters. The standard InChI is InChI=1S/C16H21ClFN3O3S/c1-11(16(22)19-12-2-3-12)20-6-8-21(9-7-20)25(23,24)13-4-5-15(18)14(17)10-13/h4-5,10-12H,2-3,6-9H2,1H3,(H,19,22). The second-order valence-corrected chi connectivity index (χ2v) is 8.82. The van der Waals surface area contributed by atoms with Crippen molar-refractivity contribution in [1.29, 1.82) is 0 Å². The molecule has 6 nitrogen and oxygen atoms in total. The predicted octanol–water partition coefficient (Wildman–Crippen LogP) is 1.45. The molecule has 3 rings (SSSR count). The van der Waals surface area contributed by atoms with Crippen molar-refractivity contribution in [1.82, 2.24) is 14.5 Å². The van der Waals surface area contributed by atoms with Crippen LogP contribution in [0.4, 0.5) is 4.39 Å². The number of rotatable bonds is 5. The van der Waals surface area contributed by atoms with Gasteiger partial charge in [0.2, 0.25) is 15.9 Å². The molecule has 1 aliphatic heterocycles. The van der Waals surface area contributed by atoms with Crippen molar-refractivity contribution < 1.29 is 17.6 Å². The van der Waals surface area contributed by atoms with E-state index in [1.165, 1.54) is 10.4 Å². The Kier molecular flexibility index (Phi) is 5.34. The van der Waals surface area contributed by atoms with Gasteiger partial charge in [0.05, 0.1) is 16.0 Å². The summed E-state index contributed by atoms with van der Waals surface area (Å²) >= 11 is 5.69. The van der Waals surface area contributed by atoms with E-state index in [9.17, 15) is 17.6 Å². The zero-order chi connectivity index (χ0) is 18.2. The normalized spacial score (nSPS) is 21.1. The molecule has 1 aromatic carbocycles. The highest BCUT2D eigenvalue weighted by Crippen LogP contribution is 2.24. The van der Waals surface area contributed by atoms with Crippen molar-refractivity contribution in [3.05, 3.63) is 29.0 Å². The zero-order valence-electron chi connectivity index (χ0n) is 13.9. The van der Waals surface area contributed by atoms with E-state index in [1.807, 2.05) is 11.8 Å². The Balaban J connectivity index is 1.62. The maximum atomic E-state index is 13.3. The van der Waals surface area contributed by atoms with E-state index in [-0.39, 0.29) is 35.0 Å².